The maximum Gasteiger partial charge on any atom is 0.238 e. The highest BCUT2D eigenvalue weighted by Crippen LogP contribution is 2.46. The lowest BCUT2D eigenvalue weighted by atomic mass is 9.86. The Balaban J connectivity index is 0.616. The molecule has 0 amide bonds. The minimum Gasteiger partial charge on any atom is -0.313 e. The topological polar surface area (TPSA) is 84.2 Å². The molecule has 9 nitrogen and oxygen atoms in total. The third-order valence-corrected chi connectivity index (χ3v) is 23.4. The molecule has 0 spiro atoms. The lowest BCUT2D eigenvalue weighted by Gasteiger charge is -2.24. The van der Waals surface area contributed by atoms with E-state index in [1.54, 1.807) is 0 Å². The highest BCUT2D eigenvalue weighted by atomic mass is 32.1. The Kier molecular flexibility index (Phi) is 14.0. The first-order chi connectivity index (χ1) is 53.4. The van der Waals surface area contributed by atoms with Crippen LogP contribution in [0.5, 0.6) is 0 Å². The molecule has 0 saturated heterocycles. The average molecular weight is 1400 g/mol. The molecule has 7 heterocycles. The first kappa shape index (κ1) is 61.5. The second kappa shape index (κ2) is 24.6. The molecule has 7 aromatic heterocycles. The van der Waals surface area contributed by atoms with Gasteiger partial charge in [0.1, 0.15) is 0 Å². The highest BCUT2D eigenvalue weighted by Gasteiger charge is 2.26. The first-order valence-corrected chi connectivity index (χ1v) is 37.6. The molecule has 1 unspecified atom stereocenters. The molecule has 0 saturated carbocycles. The van der Waals surface area contributed by atoms with Crippen molar-refractivity contribution in [3.8, 4) is 85.0 Å². The Morgan fingerprint density at radius 3 is 1.31 bits per heavy atom. The molecular formula is C98H63N9S. The summed E-state index contributed by atoms with van der Waals surface area (Å²) in [7, 11) is 0. The van der Waals surface area contributed by atoms with E-state index in [4.69, 9.17) is 24.9 Å². The van der Waals surface area contributed by atoms with Crippen molar-refractivity contribution in [3.05, 3.63) is 351 Å². The van der Waals surface area contributed by atoms with Crippen molar-refractivity contribution in [2.24, 2.45) is 5.92 Å². The quantitative estimate of drug-likeness (QED) is 0.129. The molecule has 1 aliphatic rings. The third-order valence-electron chi connectivity index (χ3n) is 22.2. The van der Waals surface area contributed by atoms with Gasteiger partial charge in [-0.15, -0.1) is 11.3 Å². The Labute approximate surface area is 624 Å². The number of para-hydroxylation sites is 5. The van der Waals surface area contributed by atoms with Gasteiger partial charge in [-0.2, -0.15) is 9.97 Å². The normalized spacial score (nSPS) is 13.4. The molecule has 0 fully saturated rings. The number of fused-ring (bicyclic) bond motifs is 15. The molecular weight excluding hydrogens is 1340 g/mol. The van der Waals surface area contributed by atoms with Crippen molar-refractivity contribution in [3.63, 3.8) is 0 Å². The van der Waals surface area contributed by atoms with Gasteiger partial charge in [0.2, 0.25) is 11.9 Å². The summed E-state index contributed by atoms with van der Waals surface area (Å²) in [6, 6.07) is 118. The van der Waals surface area contributed by atoms with E-state index in [0.717, 1.165) is 117 Å². The summed E-state index contributed by atoms with van der Waals surface area (Å²) in [5.41, 5.74) is 24.3. The fraction of sp³-hybridized carbons (Fsp3) is 0.0306. The van der Waals surface area contributed by atoms with Crippen LogP contribution in [0, 0.1) is 5.92 Å². The smallest absolute Gasteiger partial charge is 0.238 e. The summed E-state index contributed by atoms with van der Waals surface area (Å²) in [6.07, 6.45) is 7.41. The van der Waals surface area contributed by atoms with E-state index in [1.165, 1.54) is 75.1 Å². The number of thiophene rings is 1. The second-order valence-corrected chi connectivity index (χ2v) is 29.4. The van der Waals surface area contributed by atoms with Gasteiger partial charge in [-0.3, -0.25) is 9.13 Å². The zero-order valence-corrected chi connectivity index (χ0v) is 59.4. The SMILES string of the molecule is CC1CC(n2c3ccccc3c3cc(-c4ccc5c(c4)c4ccccc4n5-c4nccc(-c5cccc6c5sc5ccccc56)n4)ccc32)=CC=C1c1cccc(-c2nc(-c3cccc(-c4ccccc4)c3)nc(-n3c4ccccc4c4cc(-c5ccc6c(c5)c5ccccc5n6-c5ccccc5)ccc43)n2)c1. The maximum atomic E-state index is 5.52. The van der Waals surface area contributed by atoms with Gasteiger partial charge in [0.05, 0.1) is 49.8 Å². The molecule has 108 heavy (non-hydrogen) atoms. The van der Waals surface area contributed by atoms with Crippen LogP contribution in [0.3, 0.4) is 0 Å². The predicted molar refractivity (Wildman–Crippen MR) is 449 cm³/mol. The van der Waals surface area contributed by atoms with Crippen molar-refractivity contribution in [2.75, 3.05) is 0 Å². The van der Waals surface area contributed by atoms with E-state index in [1.807, 2.05) is 23.6 Å². The van der Waals surface area contributed by atoms with Crippen LogP contribution in [0.4, 0.5) is 0 Å². The Morgan fingerprint density at radius 2 is 0.722 bits per heavy atom. The van der Waals surface area contributed by atoms with E-state index in [0.29, 0.717) is 23.5 Å². The van der Waals surface area contributed by atoms with Crippen molar-refractivity contribution in [1.29, 1.82) is 0 Å². The van der Waals surface area contributed by atoms with Gasteiger partial charge in [-0.05, 0) is 172 Å². The van der Waals surface area contributed by atoms with Crippen molar-refractivity contribution in [2.45, 2.75) is 13.3 Å². The van der Waals surface area contributed by atoms with Crippen LogP contribution in [-0.4, -0.2) is 43.2 Å². The fourth-order valence-corrected chi connectivity index (χ4v) is 18.4. The molecule has 0 aliphatic heterocycles. The molecule has 0 radical (unpaired) electrons. The van der Waals surface area contributed by atoms with Crippen LogP contribution in [0.2, 0.25) is 0 Å². The van der Waals surface area contributed by atoms with Crippen LogP contribution in [-0.2, 0) is 0 Å². The van der Waals surface area contributed by atoms with Gasteiger partial charge in [0, 0.05) is 97.5 Å². The molecule has 21 aromatic rings. The van der Waals surface area contributed by atoms with Crippen molar-refractivity contribution < 1.29 is 0 Å². The largest absolute Gasteiger partial charge is 0.313 e. The Morgan fingerprint density at radius 1 is 0.296 bits per heavy atom. The molecule has 10 heteroatoms. The van der Waals surface area contributed by atoms with Gasteiger partial charge >= 0.3 is 0 Å². The van der Waals surface area contributed by atoms with E-state index < -0.39 is 0 Å². The van der Waals surface area contributed by atoms with Crippen molar-refractivity contribution in [1.82, 2.24) is 43.2 Å². The minimum atomic E-state index is 0.178. The number of aromatic nitrogens is 9. The van der Waals surface area contributed by atoms with Crippen LogP contribution in [0.1, 0.15) is 18.9 Å². The number of rotatable bonds is 11. The molecule has 0 N–H and O–H groups in total. The Bertz CT molecular complexity index is 7370. The molecule has 506 valence electrons. The standard InChI is InChI=1S/C98H63N9S/c1-60-53-71(105-86-37-14-9-30-74(86)81-57-64(42-48-90(81)105)65-43-49-91-82(58-65)75-31-10-15-38-87(75)106(91)97-99-52-51-84(100-97)79-35-20-34-78-77-33-12-17-40-93(77)108-94(78)79)45-46-72(60)67-24-19-26-69(55-67)96-101-95(68-25-18-23-62(54-68)61-21-4-2-5-22-61)102-98(103-96)107-88-39-16-11-32-76(88)83-59-66(44-50-92(83)107)63-41-47-89-80(56-63)73-29-8-13-36-85(73)104(89)70-27-6-3-7-28-70/h2-52,54-60H,53H2,1H3. The molecule has 14 aromatic carbocycles. The zero-order valence-electron chi connectivity index (χ0n) is 58.6. The van der Waals surface area contributed by atoms with Crippen LogP contribution in [0.25, 0.3) is 204 Å². The summed E-state index contributed by atoms with van der Waals surface area (Å²) in [5, 5.41) is 11.9. The van der Waals surface area contributed by atoms with E-state index in [2.05, 4.69) is 359 Å². The van der Waals surface area contributed by atoms with Crippen LogP contribution >= 0.6 is 11.3 Å². The summed E-state index contributed by atoms with van der Waals surface area (Å²) < 4.78 is 11.8. The van der Waals surface area contributed by atoms with Crippen LogP contribution in [0.15, 0.2) is 346 Å². The number of benzene rings is 14. The van der Waals surface area contributed by atoms with E-state index >= 15 is 0 Å². The first-order valence-electron chi connectivity index (χ1n) is 36.8. The molecule has 22 rings (SSSR count). The number of allylic oxidation sites excluding steroid dienone is 4. The van der Waals surface area contributed by atoms with Gasteiger partial charge in [-0.25, -0.2) is 15.0 Å². The van der Waals surface area contributed by atoms with E-state index in [-0.39, 0.29) is 5.92 Å². The summed E-state index contributed by atoms with van der Waals surface area (Å²) in [5.74, 6) is 2.56. The number of nitrogens with zero attached hydrogens (tertiary/aromatic N) is 9. The molecule has 1 atom stereocenters. The maximum absolute atomic E-state index is 5.52. The van der Waals surface area contributed by atoms with Gasteiger partial charge in [-0.1, -0.05) is 231 Å². The van der Waals surface area contributed by atoms with Gasteiger partial charge < -0.3 is 9.13 Å². The minimum absolute atomic E-state index is 0.178. The number of hydrogen-bond donors (Lipinski definition) is 0. The summed E-state index contributed by atoms with van der Waals surface area (Å²) in [4.78, 5) is 26.7. The fourth-order valence-electron chi connectivity index (χ4n) is 17.2. The molecule has 0 bridgehead atoms. The number of hydrogen-bond acceptors (Lipinski definition) is 6. The Hall–Kier alpha value is -13.9. The monoisotopic (exact) mass is 1400 g/mol. The summed E-state index contributed by atoms with van der Waals surface area (Å²) >= 11 is 1.82. The van der Waals surface area contributed by atoms with Crippen molar-refractivity contribution >= 4 is 130 Å². The lowest BCUT2D eigenvalue weighted by molar-refractivity contribution is 0.750. The van der Waals surface area contributed by atoms with Gasteiger partial charge in [0.25, 0.3) is 0 Å². The lowest BCUT2D eigenvalue weighted by Crippen LogP contribution is -2.09. The predicted octanol–water partition coefficient (Wildman–Crippen LogP) is 25.4. The average Bonchev–Trinajstić information content (AvgIpc) is 1.50. The highest BCUT2D eigenvalue weighted by molar-refractivity contribution is 7.26. The molecule has 1 aliphatic carbocycles. The van der Waals surface area contributed by atoms with E-state index in [9.17, 15) is 0 Å². The van der Waals surface area contributed by atoms with Crippen LogP contribution < -0.4 is 0 Å². The zero-order chi connectivity index (χ0) is 71.1. The third kappa shape index (κ3) is 9.88. The summed E-state index contributed by atoms with van der Waals surface area (Å²) in [6.45, 7) is 2.36. The second-order valence-electron chi connectivity index (χ2n) is 28.4. The van der Waals surface area contributed by atoms with Gasteiger partial charge in [0.15, 0.2) is 11.6 Å².